The Balaban J connectivity index is 5.49. The van der Waals surface area contributed by atoms with E-state index in [1.165, 1.54) is 18.7 Å². The quantitative estimate of drug-likeness (QED) is 0.145. The summed E-state index contributed by atoms with van der Waals surface area (Å²) in [6.45, 7) is 4.83. The van der Waals surface area contributed by atoms with Crippen molar-refractivity contribution in [1.29, 1.82) is 0 Å². The van der Waals surface area contributed by atoms with Gasteiger partial charge >= 0.3 is 11.9 Å². The summed E-state index contributed by atoms with van der Waals surface area (Å²) >= 11 is 1.39. The van der Waals surface area contributed by atoms with Crippen LogP contribution in [-0.4, -0.2) is 87.3 Å². The number of hydrogen-bond acceptors (Lipinski definition) is 8. The van der Waals surface area contributed by atoms with Crippen LogP contribution in [0.25, 0.3) is 0 Å². The van der Waals surface area contributed by atoms with Crippen molar-refractivity contribution in [3.63, 3.8) is 0 Å². The van der Waals surface area contributed by atoms with Crippen LogP contribution in [-0.2, 0) is 24.0 Å². The van der Waals surface area contributed by atoms with Gasteiger partial charge in [-0.15, -0.1) is 0 Å². The summed E-state index contributed by atoms with van der Waals surface area (Å²) in [6, 6.07) is -5.25. The predicted molar refractivity (Wildman–Crippen MR) is 118 cm³/mol. The van der Waals surface area contributed by atoms with Gasteiger partial charge in [0, 0.05) is 0 Å². The molecule has 0 aliphatic carbocycles. The van der Waals surface area contributed by atoms with Crippen molar-refractivity contribution in [1.82, 2.24) is 16.0 Å². The summed E-state index contributed by atoms with van der Waals surface area (Å²) in [6.07, 6.45) is 0.0801. The average molecular weight is 479 g/mol. The van der Waals surface area contributed by atoms with Crippen molar-refractivity contribution in [3.8, 4) is 0 Å². The van der Waals surface area contributed by atoms with Gasteiger partial charge in [0.15, 0.2) is 0 Å². The van der Waals surface area contributed by atoms with Crippen LogP contribution >= 0.6 is 11.8 Å². The molecule has 0 bridgehead atoms. The van der Waals surface area contributed by atoms with Crippen molar-refractivity contribution >= 4 is 41.4 Å². The molecule has 0 fully saturated rings. The van der Waals surface area contributed by atoms with Gasteiger partial charge in [0.2, 0.25) is 17.7 Å². The van der Waals surface area contributed by atoms with Gasteiger partial charge in [-0.05, 0) is 37.7 Å². The van der Waals surface area contributed by atoms with E-state index in [2.05, 4.69) is 16.0 Å². The minimum absolute atomic E-state index is 0.0619. The maximum absolute atomic E-state index is 12.7. The molecule has 184 valence electrons. The minimum atomic E-state index is -1.56. The van der Waals surface area contributed by atoms with E-state index in [0.717, 1.165) is 0 Å². The molecule has 0 saturated heterocycles. The Labute approximate surface area is 191 Å². The molecule has 0 saturated carbocycles. The molecule has 0 radical (unpaired) electrons. The first-order valence-electron chi connectivity index (χ1n) is 10.1. The zero-order valence-electron chi connectivity index (χ0n) is 18.7. The summed E-state index contributed by atoms with van der Waals surface area (Å²) < 4.78 is 0. The van der Waals surface area contributed by atoms with Crippen LogP contribution in [0, 0.1) is 5.92 Å². The van der Waals surface area contributed by atoms with Crippen molar-refractivity contribution in [2.24, 2.45) is 11.7 Å². The monoisotopic (exact) mass is 478 g/mol. The Morgan fingerprint density at radius 3 is 1.81 bits per heavy atom. The zero-order chi connectivity index (χ0) is 25.0. The molecule has 0 aromatic rings. The van der Waals surface area contributed by atoms with Gasteiger partial charge in [-0.3, -0.25) is 19.2 Å². The van der Waals surface area contributed by atoms with E-state index in [1.807, 2.05) is 0 Å². The van der Waals surface area contributed by atoms with Crippen LogP contribution in [0.15, 0.2) is 0 Å². The lowest BCUT2D eigenvalue weighted by Gasteiger charge is -2.25. The molecule has 0 heterocycles. The molecule has 0 aromatic carbocycles. The molecule has 12 nitrogen and oxygen atoms in total. The summed E-state index contributed by atoms with van der Waals surface area (Å²) in [5.41, 5.74) is 5.58. The number of carboxylic acid groups (broad SMARTS) is 2. The number of amides is 3. The second-order valence-electron chi connectivity index (χ2n) is 7.80. The standard InChI is InChI=1S/C19H34N4O8S/c1-9(2)7-13(19(30)31)23-17(28)12(8-14(25)26)22-16(27)11(5-6-32-4)21-18(29)15(20)10(3)24/h9-13,15,24H,5-8,20H2,1-4H3,(H,21,29)(H,22,27)(H,23,28)(H,25,26)(H,30,31). The Morgan fingerprint density at radius 2 is 1.38 bits per heavy atom. The molecule has 0 aliphatic heterocycles. The number of nitrogens with one attached hydrogen (secondary N) is 3. The SMILES string of the molecule is CSCCC(NC(=O)C(N)C(C)O)C(=O)NC(CC(=O)O)C(=O)NC(CC(C)C)C(=O)O. The molecule has 5 unspecified atom stereocenters. The topological polar surface area (TPSA) is 208 Å². The number of carbonyl (C=O) groups is 5. The average Bonchev–Trinajstić information content (AvgIpc) is 2.68. The van der Waals surface area contributed by atoms with Crippen LogP contribution in [0.1, 0.15) is 40.0 Å². The molecular formula is C19H34N4O8S. The fourth-order valence-electron chi connectivity index (χ4n) is 2.61. The Hall–Kier alpha value is -2.38. The fourth-order valence-corrected chi connectivity index (χ4v) is 3.08. The van der Waals surface area contributed by atoms with Gasteiger partial charge in [-0.25, -0.2) is 4.79 Å². The highest BCUT2D eigenvalue weighted by Gasteiger charge is 2.32. The highest BCUT2D eigenvalue weighted by Crippen LogP contribution is 2.07. The maximum Gasteiger partial charge on any atom is 0.326 e. The zero-order valence-corrected chi connectivity index (χ0v) is 19.5. The molecule has 5 atom stereocenters. The van der Waals surface area contributed by atoms with Crippen molar-refractivity contribution in [3.05, 3.63) is 0 Å². The van der Waals surface area contributed by atoms with Crippen molar-refractivity contribution in [2.45, 2.75) is 70.3 Å². The van der Waals surface area contributed by atoms with E-state index in [4.69, 9.17) is 10.8 Å². The molecular weight excluding hydrogens is 444 g/mol. The first-order chi connectivity index (χ1) is 14.8. The number of hydrogen-bond donors (Lipinski definition) is 7. The molecule has 0 rings (SSSR count). The molecule has 0 spiro atoms. The Kier molecular flexibility index (Phi) is 13.5. The van der Waals surface area contributed by atoms with E-state index in [1.54, 1.807) is 20.1 Å². The second kappa shape index (κ2) is 14.6. The second-order valence-corrected chi connectivity index (χ2v) is 8.78. The fraction of sp³-hybridized carbons (Fsp3) is 0.737. The van der Waals surface area contributed by atoms with Gasteiger partial charge < -0.3 is 37.0 Å². The minimum Gasteiger partial charge on any atom is -0.481 e. The summed E-state index contributed by atoms with van der Waals surface area (Å²) in [4.78, 5) is 60.1. The van der Waals surface area contributed by atoms with E-state index in [9.17, 15) is 34.2 Å². The molecule has 0 aliphatic rings. The lowest BCUT2D eigenvalue weighted by Crippen LogP contribution is -2.58. The lowest BCUT2D eigenvalue weighted by molar-refractivity contribution is -0.144. The van der Waals surface area contributed by atoms with E-state index in [-0.39, 0.29) is 18.8 Å². The van der Waals surface area contributed by atoms with Crippen LogP contribution in [0.4, 0.5) is 0 Å². The van der Waals surface area contributed by atoms with E-state index < -0.39 is 66.4 Å². The van der Waals surface area contributed by atoms with Gasteiger partial charge in [-0.2, -0.15) is 11.8 Å². The first-order valence-corrected chi connectivity index (χ1v) is 11.5. The van der Waals surface area contributed by atoms with Crippen LogP contribution in [0.3, 0.4) is 0 Å². The van der Waals surface area contributed by atoms with Gasteiger partial charge in [0.1, 0.15) is 24.2 Å². The largest absolute Gasteiger partial charge is 0.481 e. The van der Waals surface area contributed by atoms with Gasteiger partial charge in [0.05, 0.1) is 12.5 Å². The van der Waals surface area contributed by atoms with E-state index in [0.29, 0.717) is 5.75 Å². The first kappa shape index (κ1) is 29.6. The smallest absolute Gasteiger partial charge is 0.326 e. The van der Waals surface area contributed by atoms with Gasteiger partial charge in [0.25, 0.3) is 0 Å². The maximum atomic E-state index is 12.7. The highest BCUT2D eigenvalue weighted by molar-refractivity contribution is 7.98. The lowest BCUT2D eigenvalue weighted by atomic mass is 10.0. The third-order valence-electron chi connectivity index (χ3n) is 4.40. The normalized spacial score (nSPS) is 15.7. The van der Waals surface area contributed by atoms with Crippen molar-refractivity contribution < 1.29 is 39.3 Å². The van der Waals surface area contributed by atoms with E-state index >= 15 is 0 Å². The third-order valence-corrected chi connectivity index (χ3v) is 5.04. The molecule has 0 aromatic heterocycles. The van der Waals surface area contributed by atoms with Crippen molar-refractivity contribution in [2.75, 3.05) is 12.0 Å². The van der Waals surface area contributed by atoms with Gasteiger partial charge in [-0.1, -0.05) is 13.8 Å². The molecule has 8 N–H and O–H groups in total. The van der Waals surface area contributed by atoms with Crippen LogP contribution < -0.4 is 21.7 Å². The number of thioether (sulfide) groups is 1. The highest BCUT2D eigenvalue weighted by atomic mass is 32.2. The summed E-state index contributed by atoms with van der Waals surface area (Å²) in [7, 11) is 0. The number of carbonyl (C=O) groups excluding carboxylic acids is 3. The number of aliphatic hydroxyl groups excluding tert-OH is 1. The molecule has 32 heavy (non-hydrogen) atoms. The van der Waals surface area contributed by atoms with Crippen LogP contribution in [0.5, 0.6) is 0 Å². The number of aliphatic carboxylic acids is 2. The Bertz CT molecular complexity index is 674. The van der Waals surface area contributed by atoms with Crippen LogP contribution in [0.2, 0.25) is 0 Å². The number of nitrogens with two attached hydrogens (primary N) is 1. The number of carboxylic acids is 2. The summed E-state index contributed by atoms with van der Waals surface area (Å²) in [5, 5.41) is 34.8. The number of aliphatic hydroxyl groups is 1. The Morgan fingerprint density at radius 1 is 0.875 bits per heavy atom. The number of rotatable bonds is 15. The molecule has 3 amide bonds. The molecule has 13 heteroatoms. The third kappa shape index (κ3) is 11.3. The summed E-state index contributed by atoms with van der Waals surface area (Å²) in [5.74, 6) is -4.87. The predicted octanol–water partition coefficient (Wildman–Crippen LogP) is -1.49.